The number of esters is 1. The van der Waals surface area contributed by atoms with Gasteiger partial charge < -0.3 is 40.7 Å². The Balaban J connectivity index is 1.87. The first-order chi connectivity index (χ1) is 22.0. The number of oxime groups is 1. The lowest BCUT2D eigenvalue weighted by Gasteiger charge is -2.41. The SMILES string of the molecule is CCNC(=O)ON=C(N)c1ccc(C(=O)N[C@@H](Cc2ccc(OC)cc2)C(=O)N2CCN(CC(=O)O)C(=O)[C@@H]2CC(=O)OC)cc1. The summed E-state index contributed by atoms with van der Waals surface area (Å²) < 4.78 is 9.92. The van der Waals surface area contributed by atoms with Gasteiger partial charge in [0.25, 0.3) is 5.91 Å². The van der Waals surface area contributed by atoms with E-state index in [1.54, 1.807) is 31.2 Å². The Kier molecular flexibility index (Phi) is 12.4. The summed E-state index contributed by atoms with van der Waals surface area (Å²) in [5, 5.41) is 17.9. The number of methoxy groups -OCH3 is 2. The molecule has 4 amide bonds. The quantitative estimate of drug-likeness (QED) is 0.0756. The molecule has 0 aromatic heterocycles. The van der Waals surface area contributed by atoms with Crippen LogP contribution in [0.15, 0.2) is 53.7 Å². The van der Waals surface area contributed by atoms with Crippen molar-refractivity contribution in [2.75, 3.05) is 40.4 Å². The van der Waals surface area contributed by atoms with Crippen molar-refractivity contribution in [2.45, 2.75) is 31.8 Å². The van der Waals surface area contributed by atoms with Gasteiger partial charge in [0.1, 0.15) is 24.4 Å². The van der Waals surface area contributed by atoms with Gasteiger partial charge in [-0.15, -0.1) is 0 Å². The van der Waals surface area contributed by atoms with Crippen molar-refractivity contribution in [1.82, 2.24) is 20.4 Å². The number of carbonyl (C=O) groups is 6. The number of carboxylic acids is 1. The molecule has 246 valence electrons. The van der Waals surface area contributed by atoms with Gasteiger partial charge in [0, 0.05) is 37.2 Å². The van der Waals surface area contributed by atoms with Crippen LogP contribution >= 0.6 is 0 Å². The highest BCUT2D eigenvalue weighted by Gasteiger charge is 2.42. The fourth-order valence-corrected chi connectivity index (χ4v) is 4.61. The van der Waals surface area contributed by atoms with E-state index in [1.165, 1.54) is 36.3 Å². The highest BCUT2D eigenvalue weighted by atomic mass is 16.7. The van der Waals surface area contributed by atoms with Crippen LogP contribution in [0.2, 0.25) is 0 Å². The van der Waals surface area contributed by atoms with E-state index in [2.05, 4.69) is 20.6 Å². The Bertz CT molecular complexity index is 1460. The van der Waals surface area contributed by atoms with Gasteiger partial charge in [-0.25, -0.2) is 4.79 Å². The van der Waals surface area contributed by atoms with Crippen LogP contribution in [0.4, 0.5) is 4.79 Å². The number of aliphatic carboxylic acids is 1. The molecule has 16 heteroatoms. The number of nitrogens with one attached hydrogen (secondary N) is 2. The standard InChI is InChI=1S/C30H36N6O10/c1-4-32-30(43)46-34-26(31)19-7-9-20(10-8-19)27(40)33-22(15-18-5-11-21(44-2)12-6-18)28(41)36-14-13-35(17-24(37)38)29(42)23(36)16-25(39)45-3/h5-12,22-23H,4,13-17H2,1-3H3,(H2,31,34)(H,32,43)(H,33,40)(H,37,38)/t22-,23-/m0/s1. The maximum atomic E-state index is 14.0. The highest BCUT2D eigenvalue weighted by Crippen LogP contribution is 2.20. The van der Waals surface area contributed by atoms with Crippen molar-refractivity contribution in [3.8, 4) is 5.75 Å². The first-order valence-electron chi connectivity index (χ1n) is 14.2. The summed E-state index contributed by atoms with van der Waals surface area (Å²) in [6, 6.07) is 10.1. The second kappa shape index (κ2) is 16.4. The second-order valence-electron chi connectivity index (χ2n) is 10.0. The third-order valence-electron chi connectivity index (χ3n) is 6.97. The summed E-state index contributed by atoms with van der Waals surface area (Å²) in [6.07, 6.45) is -1.28. The molecule has 0 spiro atoms. The van der Waals surface area contributed by atoms with Crippen molar-refractivity contribution in [3.05, 3.63) is 65.2 Å². The number of amidine groups is 1. The van der Waals surface area contributed by atoms with Gasteiger partial charge in [0.2, 0.25) is 11.8 Å². The van der Waals surface area contributed by atoms with Crippen molar-refractivity contribution in [1.29, 1.82) is 0 Å². The van der Waals surface area contributed by atoms with Crippen molar-refractivity contribution >= 4 is 41.6 Å². The summed E-state index contributed by atoms with van der Waals surface area (Å²) in [6.45, 7) is 1.26. The molecule has 0 saturated carbocycles. The molecule has 2 aromatic carbocycles. The molecular formula is C30H36N6O10. The van der Waals surface area contributed by atoms with Crippen LogP contribution < -0.4 is 21.1 Å². The first-order valence-corrected chi connectivity index (χ1v) is 14.2. The molecule has 0 bridgehead atoms. The molecule has 1 heterocycles. The largest absolute Gasteiger partial charge is 0.497 e. The van der Waals surface area contributed by atoms with Crippen LogP contribution in [0.25, 0.3) is 0 Å². The van der Waals surface area contributed by atoms with Crippen molar-refractivity contribution < 1.29 is 48.2 Å². The number of hydrogen-bond donors (Lipinski definition) is 4. The summed E-state index contributed by atoms with van der Waals surface area (Å²) >= 11 is 0. The van der Waals surface area contributed by atoms with E-state index in [0.29, 0.717) is 23.4 Å². The van der Waals surface area contributed by atoms with Gasteiger partial charge in [-0.2, -0.15) is 0 Å². The predicted molar refractivity (Wildman–Crippen MR) is 162 cm³/mol. The molecule has 46 heavy (non-hydrogen) atoms. The van der Waals surface area contributed by atoms with E-state index in [9.17, 15) is 33.9 Å². The Morgan fingerprint density at radius 1 is 1.02 bits per heavy atom. The van der Waals surface area contributed by atoms with Gasteiger partial charge in [-0.05, 0) is 36.8 Å². The number of benzene rings is 2. The van der Waals surface area contributed by atoms with Gasteiger partial charge in [-0.3, -0.25) is 28.8 Å². The summed E-state index contributed by atoms with van der Waals surface area (Å²) in [7, 11) is 2.63. The molecule has 0 radical (unpaired) electrons. The number of rotatable bonds is 13. The maximum absolute atomic E-state index is 14.0. The Hall–Kier alpha value is -5.67. The molecule has 2 atom stereocenters. The maximum Gasteiger partial charge on any atom is 0.433 e. The third kappa shape index (κ3) is 9.41. The molecule has 0 aliphatic carbocycles. The summed E-state index contributed by atoms with van der Waals surface area (Å²) in [5.74, 6) is -3.58. The molecule has 3 rings (SSSR count). The Morgan fingerprint density at radius 2 is 1.67 bits per heavy atom. The van der Waals surface area contributed by atoms with Crippen LogP contribution in [0.5, 0.6) is 5.75 Å². The van der Waals surface area contributed by atoms with E-state index < -0.39 is 60.8 Å². The first kappa shape index (κ1) is 34.8. The van der Waals surface area contributed by atoms with Gasteiger partial charge in [-0.1, -0.05) is 29.4 Å². The van der Waals surface area contributed by atoms with Crippen LogP contribution in [-0.4, -0.2) is 109 Å². The number of piperazine rings is 1. The number of hydrogen-bond acceptors (Lipinski definition) is 10. The molecular weight excluding hydrogens is 604 g/mol. The monoisotopic (exact) mass is 640 g/mol. The zero-order chi connectivity index (χ0) is 33.8. The lowest BCUT2D eigenvalue weighted by atomic mass is 10.0. The molecule has 1 aliphatic heterocycles. The van der Waals surface area contributed by atoms with E-state index in [4.69, 9.17) is 15.2 Å². The molecule has 16 nitrogen and oxygen atoms in total. The molecule has 1 fully saturated rings. The zero-order valence-corrected chi connectivity index (χ0v) is 25.6. The average molecular weight is 641 g/mol. The topological polar surface area (TPSA) is 219 Å². The Morgan fingerprint density at radius 3 is 2.26 bits per heavy atom. The predicted octanol–water partition coefficient (Wildman–Crippen LogP) is 0.0898. The summed E-state index contributed by atoms with van der Waals surface area (Å²) in [5.41, 5.74) is 7.04. The minimum Gasteiger partial charge on any atom is -0.497 e. The third-order valence-corrected chi connectivity index (χ3v) is 6.97. The molecule has 1 saturated heterocycles. The van der Waals surface area contributed by atoms with E-state index >= 15 is 0 Å². The van der Waals surface area contributed by atoms with Gasteiger partial charge in [0.05, 0.1) is 20.6 Å². The van der Waals surface area contributed by atoms with Crippen LogP contribution in [0, 0.1) is 0 Å². The van der Waals surface area contributed by atoms with E-state index in [1.807, 2.05) is 0 Å². The van der Waals surface area contributed by atoms with Crippen molar-refractivity contribution in [3.63, 3.8) is 0 Å². The molecule has 1 aliphatic rings. The second-order valence-corrected chi connectivity index (χ2v) is 10.0. The average Bonchev–Trinajstić information content (AvgIpc) is 3.05. The fraction of sp³-hybridized carbons (Fsp3) is 0.367. The van der Waals surface area contributed by atoms with E-state index in [0.717, 1.165) is 12.0 Å². The number of carboxylic acid groups (broad SMARTS) is 1. The smallest absolute Gasteiger partial charge is 0.433 e. The lowest BCUT2D eigenvalue weighted by Crippen LogP contribution is -2.63. The van der Waals surface area contributed by atoms with Gasteiger partial charge >= 0.3 is 18.0 Å². The number of nitrogens with two attached hydrogens (primary N) is 1. The Labute approximate surface area is 264 Å². The number of carbonyl (C=O) groups excluding carboxylic acids is 5. The van der Waals surface area contributed by atoms with Crippen LogP contribution in [0.1, 0.15) is 34.8 Å². The van der Waals surface area contributed by atoms with E-state index in [-0.39, 0.29) is 30.9 Å². The molecule has 5 N–H and O–H groups in total. The van der Waals surface area contributed by atoms with Gasteiger partial charge in [0.15, 0.2) is 5.84 Å². The van der Waals surface area contributed by atoms with Crippen molar-refractivity contribution in [2.24, 2.45) is 10.9 Å². The minimum absolute atomic E-state index is 0.0118. The lowest BCUT2D eigenvalue weighted by molar-refractivity contribution is -0.159. The zero-order valence-electron chi connectivity index (χ0n) is 25.6. The number of amides is 4. The highest BCUT2D eigenvalue weighted by molar-refractivity contribution is 6.01. The van der Waals surface area contributed by atoms with Crippen LogP contribution in [-0.2, 0) is 35.2 Å². The summed E-state index contributed by atoms with van der Waals surface area (Å²) in [4.78, 5) is 82.5. The van der Waals surface area contributed by atoms with Crippen LogP contribution in [0.3, 0.4) is 0 Å². The normalized spacial score (nSPS) is 15.4. The molecule has 0 unspecified atom stereocenters. The number of ether oxygens (including phenoxy) is 2. The number of nitrogens with zero attached hydrogens (tertiary/aromatic N) is 3. The molecule has 2 aromatic rings. The minimum atomic E-state index is -1.34. The fourth-order valence-electron chi connectivity index (χ4n) is 4.61.